The fourth-order valence-corrected chi connectivity index (χ4v) is 2.48. The summed E-state index contributed by atoms with van der Waals surface area (Å²) in [7, 11) is -3.72. The Hall–Kier alpha value is -1.25. The Morgan fingerprint density at radius 2 is 1.43 bits per heavy atom. The maximum absolute atomic E-state index is 11.9. The Bertz CT molecular complexity index is 538. The number of hydrogen-bond acceptors (Lipinski definition) is 6. The highest BCUT2D eigenvalue weighted by Crippen LogP contribution is 2.12. The van der Waals surface area contributed by atoms with Crippen molar-refractivity contribution < 1.29 is 26.8 Å². The molecule has 1 aromatic rings. The molecule has 0 atom stereocenters. The van der Waals surface area contributed by atoms with Crippen LogP contribution in [0.25, 0.3) is 0 Å². The normalized spacial score (nSPS) is 11.5. The molecule has 0 heterocycles. The minimum absolute atomic E-state index is 0.0291. The number of ether oxygens (including phenoxy) is 3. The Morgan fingerprint density at radius 1 is 0.913 bits per heavy atom. The summed E-state index contributed by atoms with van der Waals surface area (Å²) >= 11 is 0. The molecule has 0 spiro atoms. The SMILES string of the molecule is C=CCOCCOCCOCCOS(=O)(=O)c1ccc(C)cc1. The van der Waals surface area contributed by atoms with Gasteiger partial charge in [0.05, 0.1) is 51.1 Å². The third-order valence-corrected chi connectivity index (χ3v) is 4.08. The lowest BCUT2D eigenvalue weighted by Gasteiger charge is -2.07. The molecule has 0 aliphatic heterocycles. The monoisotopic (exact) mass is 344 g/mol. The van der Waals surface area contributed by atoms with Gasteiger partial charge in [-0.25, -0.2) is 0 Å². The van der Waals surface area contributed by atoms with E-state index in [4.69, 9.17) is 18.4 Å². The van der Waals surface area contributed by atoms with Crippen LogP contribution in [0.1, 0.15) is 5.56 Å². The van der Waals surface area contributed by atoms with E-state index in [-0.39, 0.29) is 18.1 Å². The molecule has 0 saturated carbocycles. The van der Waals surface area contributed by atoms with Crippen molar-refractivity contribution in [1.82, 2.24) is 0 Å². The van der Waals surface area contributed by atoms with Crippen LogP contribution in [0.15, 0.2) is 41.8 Å². The second-order valence-corrected chi connectivity index (χ2v) is 6.29. The molecule has 0 fully saturated rings. The first-order chi connectivity index (χ1) is 11.1. The summed E-state index contributed by atoms with van der Waals surface area (Å²) in [6, 6.07) is 6.49. The molecule has 0 aromatic heterocycles. The highest BCUT2D eigenvalue weighted by atomic mass is 32.2. The zero-order chi connectivity index (χ0) is 17.0. The zero-order valence-corrected chi connectivity index (χ0v) is 14.2. The predicted molar refractivity (Wildman–Crippen MR) is 87.0 cm³/mol. The van der Waals surface area contributed by atoms with E-state index in [9.17, 15) is 8.42 Å². The zero-order valence-electron chi connectivity index (χ0n) is 13.4. The van der Waals surface area contributed by atoms with Crippen LogP contribution in [0.4, 0.5) is 0 Å². The van der Waals surface area contributed by atoms with Crippen molar-refractivity contribution in [3.8, 4) is 0 Å². The van der Waals surface area contributed by atoms with Gasteiger partial charge in [-0.1, -0.05) is 23.8 Å². The highest BCUT2D eigenvalue weighted by molar-refractivity contribution is 7.86. The predicted octanol–water partition coefficient (Wildman–Crippen LogP) is 1.94. The quantitative estimate of drug-likeness (QED) is 0.309. The van der Waals surface area contributed by atoms with Gasteiger partial charge in [-0.2, -0.15) is 8.42 Å². The van der Waals surface area contributed by atoms with Crippen LogP contribution in [0, 0.1) is 6.92 Å². The summed E-state index contributed by atoms with van der Waals surface area (Å²) in [5, 5.41) is 0. The average Bonchev–Trinajstić information content (AvgIpc) is 2.53. The van der Waals surface area contributed by atoms with Gasteiger partial charge in [-0.3, -0.25) is 4.18 Å². The molecule has 0 saturated heterocycles. The third-order valence-electron chi connectivity index (χ3n) is 2.76. The average molecular weight is 344 g/mol. The molecule has 0 radical (unpaired) electrons. The Balaban J connectivity index is 2.06. The van der Waals surface area contributed by atoms with Crippen LogP contribution in [0.2, 0.25) is 0 Å². The van der Waals surface area contributed by atoms with Crippen molar-refractivity contribution in [1.29, 1.82) is 0 Å². The van der Waals surface area contributed by atoms with E-state index in [0.717, 1.165) is 5.56 Å². The molecule has 6 nitrogen and oxygen atoms in total. The maximum Gasteiger partial charge on any atom is 0.297 e. The Kier molecular flexibility index (Phi) is 9.74. The molecular weight excluding hydrogens is 320 g/mol. The van der Waals surface area contributed by atoms with Gasteiger partial charge < -0.3 is 14.2 Å². The first-order valence-corrected chi connectivity index (χ1v) is 8.77. The molecule has 130 valence electrons. The molecule has 0 N–H and O–H groups in total. The summed E-state index contributed by atoms with van der Waals surface area (Å²) in [6.45, 7) is 7.86. The smallest absolute Gasteiger partial charge is 0.297 e. The van der Waals surface area contributed by atoms with E-state index in [1.807, 2.05) is 6.92 Å². The lowest BCUT2D eigenvalue weighted by atomic mass is 10.2. The molecule has 0 amide bonds. The van der Waals surface area contributed by atoms with Gasteiger partial charge in [-0.15, -0.1) is 6.58 Å². The molecule has 1 rings (SSSR count). The molecule has 0 aliphatic rings. The fraction of sp³-hybridized carbons (Fsp3) is 0.500. The molecule has 7 heteroatoms. The van der Waals surface area contributed by atoms with Crippen molar-refractivity contribution in [2.75, 3.05) is 46.2 Å². The second kappa shape index (κ2) is 11.3. The van der Waals surface area contributed by atoms with E-state index < -0.39 is 10.1 Å². The lowest BCUT2D eigenvalue weighted by molar-refractivity contribution is 0.0139. The fourth-order valence-electron chi connectivity index (χ4n) is 1.58. The minimum Gasteiger partial charge on any atom is -0.377 e. The van der Waals surface area contributed by atoms with Crippen molar-refractivity contribution in [3.05, 3.63) is 42.5 Å². The van der Waals surface area contributed by atoms with Gasteiger partial charge >= 0.3 is 0 Å². The van der Waals surface area contributed by atoms with Crippen LogP contribution < -0.4 is 0 Å². The summed E-state index contributed by atoms with van der Waals surface area (Å²) in [4.78, 5) is 0.144. The summed E-state index contributed by atoms with van der Waals surface area (Å²) in [5.74, 6) is 0. The second-order valence-electron chi connectivity index (χ2n) is 4.68. The van der Waals surface area contributed by atoms with Gasteiger partial charge in [0.2, 0.25) is 0 Å². The summed E-state index contributed by atoms with van der Waals surface area (Å²) < 4.78 is 44.3. The number of hydrogen-bond donors (Lipinski definition) is 0. The topological polar surface area (TPSA) is 71.1 Å². The lowest BCUT2D eigenvalue weighted by Crippen LogP contribution is -2.14. The van der Waals surface area contributed by atoms with E-state index >= 15 is 0 Å². The van der Waals surface area contributed by atoms with Crippen molar-refractivity contribution in [3.63, 3.8) is 0 Å². The van der Waals surface area contributed by atoms with Gasteiger partial charge in [0.25, 0.3) is 10.1 Å². The molecule has 23 heavy (non-hydrogen) atoms. The first-order valence-electron chi connectivity index (χ1n) is 7.36. The van der Waals surface area contributed by atoms with Crippen LogP contribution in [0.3, 0.4) is 0 Å². The van der Waals surface area contributed by atoms with Crippen molar-refractivity contribution in [2.24, 2.45) is 0 Å². The Morgan fingerprint density at radius 3 is 2.00 bits per heavy atom. The summed E-state index contributed by atoms with van der Waals surface area (Å²) in [6.07, 6.45) is 1.67. The Labute approximate surface area is 138 Å². The van der Waals surface area contributed by atoms with E-state index in [1.54, 1.807) is 18.2 Å². The van der Waals surface area contributed by atoms with E-state index in [1.165, 1.54) is 12.1 Å². The first kappa shape index (κ1) is 19.8. The van der Waals surface area contributed by atoms with Crippen LogP contribution in [-0.4, -0.2) is 54.7 Å². The van der Waals surface area contributed by atoms with Crippen LogP contribution in [0.5, 0.6) is 0 Å². The van der Waals surface area contributed by atoms with Crippen molar-refractivity contribution >= 4 is 10.1 Å². The van der Waals surface area contributed by atoms with E-state index in [2.05, 4.69) is 6.58 Å². The van der Waals surface area contributed by atoms with Gasteiger partial charge in [0.15, 0.2) is 0 Å². The third kappa shape index (κ3) is 8.83. The number of benzene rings is 1. The van der Waals surface area contributed by atoms with Gasteiger partial charge in [0.1, 0.15) is 0 Å². The number of rotatable bonds is 13. The standard InChI is InChI=1S/C16H24O6S/c1-3-8-19-9-10-20-11-12-21-13-14-22-23(17,18)16-6-4-15(2)5-7-16/h3-7H,1,8-14H2,2H3. The molecule has 0 aliphatic carbocycles. The van der Waals surface area contributed by atoms with Crippen molar-refractivity contribution in [2.45, 2.75) is 11.8 Å². The summed E-state index contributed by atoms with van der Waals surface area (Å²) in [5.41, 5.74) is 0.988. The molecule has 1 aromatic carbocycles. The minimum atomic E-state index is -3.72. The number of aryl methyl sites for hydroxylation is 1. The maximum atomic E-state index is 11.9. The van der Waals surface area contributed by atoms with Gasteiger partial charge in [-0.05, 0) is 19.1 Å². The van der Waals surface area contributed by atoms with E-state index in [0.29, 0.717) is 33.0 Å². The largest absolute Gasteiger partial charge is 0.377 e. The highest BCUT2D eigenvalue weighted by Gasteiger charge is 2.14. The molecule has 0 bridgehead atoms. The molecular formula is C16H24O6S. The van der Waals surface area contributed by atoms with Crippen LogP contribution in [-0.2, 0) is 28.5 Å². The van der Waals surface area contributed by atoms with Gasteiger partial charge in [0, 0.05) is 0 Å². The van der Waals surface area contributed by atoms with Crippen LogP contribution >= 0.6 is 0 Å². The molecule has 0 unspecified atom stereocenters.